The van der Waals surface area contributed by atoms with Gasteiger partial charge in [0.15, 0.2) is 0 Å². The van der Waals surface area contributed by atoms with Crippen LogP contribution in [0.1, 0.15) is 37.0 Å². The quantitative estimate of drug-likeness (QED) is 0.653. The molecule has 3 aromatic rings. The van der Waals surface area contributed by atoms with Gasteiger partial charge in [-0.25, -0.2) is 9.67 Å². The van der Waals surface area contributed by atoms with Gasteiger partial charge in [-0.3, -0.25) is 4.79 Å². The molecule has 0 radical (unpaired) electrons. The van der Waals surface area contributed by atoms with Crippen LogP contribution in [0.2, 0.25) is 0 Å². The van der Waals surface area contributed by atoms with Crippen LogP contribution in [0.5, 0.6) is 0 Å². The lowest BCUT2D eigenvalue weighted by molar-refractivity contribution is 0.102. The minimum atomic E-state index is -0.119. The minimum absolute atomic E-state index is 0.119. The van der Waals surface area contributed by atoms with Gasteiger partial charge in [-0.15, -0.1) is 0 Å². The first kappa shape index (κ1) is 18.6. The Morgan fingerprint density at radius 1 is 1.07 bits per heavy atom. The van der Waals surface area contributed by atoms with Crippen molar-refractivity contribution in [2.45, 2.75) is 26.7 Å². The standard InChI is InChI=1S/C21H25N5O/c1-3-5-14-25(4-2)19-10-6-17(7-11-19)21(27)24-18-8-12-20(13-9-18)26-16-22-15-23-26/h6-13,15-16H,3-5,14H2,1-2H3,(H,24,27). The number of unbranched alkanes of at least 4 members (excludes halogenated alkanes) is 1. The zero-order valence-electron chi connectivity index (χ0n) is 15.8. The van der Waals surface area contributed by atoms with E-state index in [-0.39, 0.29) is 5.91 Å². The normalized spacial score (nSPS) is 10.6. The fourth-order valence-corrected chi connectivity index (χ4v) is 2.88. The van der Waals surface area contributed by atoms with Gasteiger partial charge < -0.3 is 10.2 Å². The van der Waals surface area contributed by atoms with Crippen LogP contribution in [-0.2, 0) is 0 Å². The van der Waals surface area contributed by atoms with E-state index in [1.165, 1.54) is 19.2 Å². The van der Waals surface area contributed by atoms with Gasteiger partial charge in [-0.05, 0) is 61.9 Å². The number of rotatable bonds is 8. The summed E-state index contributed by atoms with van der Waals surface area (Å²) in [7, 11) is 0. The SMILES string of the molecule is CCCCN(CC)c1ccc(C(=O)Nc2ccc(-n3cncn3)cc2)cc1. The van der Waals surface area contributed by atoms with Gasteiger partial charge in [0.05, 0.1) is 5.69 Å². The third kappa shape index (κ3) is 4.73. The lowest BCUT2D eigenvalue weighted by atomic mass is 10.1. The summed E-state index contributed by atoms with van der Waals surface area (Å²) >= 11 is 0. The zero-order chi connectivity index (χ0) is 19.1. The molecule has 140 valence electrons. The topological polar surface area (TPSA) is 63.1 Å². The molecule has 0 aliphatic heterocycles. The van der Waals surface area contributed by atoms with Crippen molar-refractivity contribution in [1.29, 1.82) is 0 Å². The van der Waals surface area contributed by atoms with Crippen molar-refractivity contribution in [2.24, 2.45) is 0 Å². The fourth-order valence-electron chi connectivity index (χ4n) is 2.88. The Balaban J connectivity index is 1.64. The number of nitrogens with zero attached hydrogens (tertiary/aromatic N) is 4. The van der Waals surface area contributed by atoms with E-state index in [9.17, 15) is 4.79 Å². The molecular weight excluding hydrogens is 338 g/mol. The highest BCUT2D eigenvalue weighted by Gasteiger charge is 2.09. The van der Waals surface area contributed by atoms with E-state index in [0.717, 1.165) is 30.2 Å². The molecule has 0 saturated heterocycles. The Labute approximate surface area is 159 Å². The van der Waals surface area contributed by atoms with E-state index >= 15 is 0 Å². The summed E-state index contributed by atoms with van der Waals surface area (Å²) in [6.07, 6.45) is 5.46. The van der Waals surface area contributed by atoms with Crippen LogP contribution in [-0.4, -0.2) is 33.8 Å². The molecule has 0 spiro atoms. The van der Waals surface area contributed by atoms with Crippen LogP contribution in [0.15, 0.2) is 61.2 Å². The molecule has 1 heterocycles. The second kappa shape index (κ2) is 8.98. The highest BCUT2D eigenvalue weighted by atomic mass is 16.1. The van der Waals surface area contributed by atoms with Crippen LogP contribution in [0.25, 0.3) is 5.69 Å². The van der Waals surface area contributed by atoms with Crippen LogP contribution in [0.4, 0.5) is 11.4 Å². The Morgan fingerprint density at radius 3 is 2.41 bits per heavy atom. The molecular formula is C21H25N5O. The smallest absolute Gasteiger partial charge is 0.255 e. The average molecular weight is 363 g/mol. The molecule has 1 N–H and O–H groups in total. The van der Waals surface area contributed by atoms with E-state index in [2.05, 4.69) is 34.1 Å². The van der Waals surface area contributed by atoms with Gasteiger partial charge in [0.2, 0.25) is 0 Å². The largest absolute Gasteiger partial charge is 0.372 e. The lowest BCUT2D eigenvalue weighted by Gasteiger charge is -2.23. The molecule has 1 aromatic heterocycles. The summed E-state index contributed by atoms with van der Waals surface area (Å²) in [5.41, 5.74) is 3.43. The minimum Gasteiger partial charge on any atom is -0.372 e. The molecule has 6 nitrogen and oxygen atoms in total. The number of amides is 1. The molecule has 3 rings (SSSR count). The number of carbonyl (C=O) groups is 1. The first-order valence-corrected chi connectivity index (χ1v) is 9.32. The van der Waals surface area contributed by atoms with Crippen molar-refractivity contribution >= 4 is 17.3 Å². The van der Waals surface area contributed by atoms with Gasteiger partial charge in [0, 0.05) is 30.0 Å². The molecule has 0 aliphatic rings. The molecule has 1 amide bonds. The predicted molar refractivity (Wildman–Crippen MR) is 109 cm³/mol. The molecule has 0 saturated carbocycles. The van der Waals surface area contributed by atoms with Crippen molar-refractivity contribution in [3.8, 4) is 5.69 Å². The molecule has 0 bridgehead atoms. The summed E-state index contributed by atoms with van der Waals surface area (Å²) in [6, 6.07) is 15.3. The monoisotopic (exact) mass is 363 g/mol. The number of hydrogen-bond donors (Lipinski definition) is 1. The number of nitrogens with one attached hydrogen (secondary N) is 1. The molecule has 0 atom stereocenters. The van der Waals surface area contributed by atoms with E-state index < -0.39 is 0 Å². The van der Waals surface area contributed by atoms with Crippen molar-refractivity contribution in [2.75, 3.05) is 23.3 Å². The molecule has 0 fully saturated rings. The third-order valence-electron chi connectivity index (χ3n) is 4.47. The first-order valence-electron chi connectivity index (χ1n) is 9.32. The van der Waals surface area contributed by atoms with E-state index in [0.29, 0.717) is 5.56 Å². The number of hydrogen-bond acceptors (Lipinski definition) is 4. The molecule has 0 unspecified atom stereocenters. The van der Waals surface area contributed by atoms with Crippen molar-refractivity contribution in [3.05, 3.63) is 66.7 Å². The van der Waals surface area contributed by atoms with Gasteiger partial charge in [0.25, 0.3) is 5.91 Å². The number of carbonyl (C=O) groups excluding carboxylic acids is 1. The van der Waals surface area contributed by atoms with Gasteiger partial charge in [-0.2, -0.15) is 5.10 Å². The molecule has 6 heteroatoms. The fraction of sp³-hybridized carbons (Fsp3) is 0.286. The number of aromatic nitrogens is 3. The maximum absolute atomic E-state index is 12.5. The molecule has 2 aromatic carbocycles. The highest BCUT2D eigenvalue weighted by molar-refractivity contribution is 6.04. The average Bonchev–Trinajstić information content (AvgIpc) is 3.24. The summed E-state index contributed by atoms with van der Waals surface area (Å²) in [6.45, 7) is 6.35. The maximum Gasteiger partial charge on any atom is 0.255 e. The summed E-state index contributed by atoms with van der Waals surface area (Å²) in [5.74, 6) is -0.119. The Bertz CT molecular complexity index is 841. The van der Waals surface area contributed by atoms with Crippen molar-refractivity contribution in [3.63, 3.8) is 0 Å². The van der Waals surface area contributed by atoms with Crippen molar-refractivity contribution in [1.82, 2.24) is 14.8 Å². The summed E-state index contributed by atoms with van der Waals surface area (Å²) < 4.78 is 1.67. The molecule has 0 aliphatic carbocycles. The van der Waals surface area contributed by atoms with E-state index in [1.807, 2.05) is 48.5 Å². The van der Waals surface area contributed by atoms with Crippen molar-refractivity contribution < 1.29 is 4.79 Å². The van der Waals surface area contributed by atoms with E-state index in [4.69, 9.17) is 0 Å². The van der Waals surface area contributed by atoms with Crippen LogP contribution >= 0.6 is 0 Å². The number of benzene rings is 2. The van der Waals surface area contributed by atoms with Crippen LogP contribution in [0, 0.1) is 0 Å². The zero-order valence-corrected chi connectivity index (χ0v) is 15.8. The molecule has 27 heavy (non-hydrogen) atoms. The number of anilines is 2. The Kier molecular flexibility index (Phi) is 6.20. The van der Waals surface area contributed by atoms with Gasteiger partial charge >= 0.3 is 0 Å². The van der Waals surface area contributed by atoms with Gasteiger partial charge in [-0.1, -0.05) is 13.3 Å². The highest BCUT2D eigenvalue weighted by Crippen LogP contribution is 2.18. The van der Waals surface area contributed by atoms with Crippen LogP contribution in [0.3, 0.4) is 0 Å². The summed E-state index contributed by atoms with van der Waals surface area (Å²) in [4.78, 5) is 18.8. The van der Waals surface area contributed by atoms with E-state index in [1.54, 1.807) is 11.0 Å². The van der Waals surface area contributed by atoms with Gasteiger partial charge in [0.1, 0.15) is 12.7 Å². The first-order chi connectivity index (χ1) is 13.2. The Hall–Kier alpha value is -3.15. The third-order valence-corrected chi connectivity index (χ3v) is 4.47. The lowest BCUT2D eigenvalue weighted by Crippen LogP contribution is -2.23. The maximum atomic E-state index is 12.5. The second-order valence-electron chi connectivity index (χ2n) is 6.32. The van der Waals surface area contributed by atoms with Crippen LogP contribution < -0.4 is 10.2 Å². The Morgan fingerprint density at radius 2 is 1.81 bits per heavy atom. The summed E-state index contributed by atoms with van der Waals surface area (Å²) in [5, 5.41) is 7.02. The second-order valence-corrected chi connectivity index (χ2v) is 6.32. The predicted octanol–water partition coefficient (Wildman–Crippen LogP) is 4.15.